The van der Waals surface area contributed by atoms with Crippen LogP contribution in [-0.4, -0.2) is 31.7 Å². The van der Waals surface area contributed by atoms with Crippen molar-refractivity contribution in [3.05, 3.63) is 47.2 Å². The SMILES string of the molecule is CCCNCC1=C(C(=O)OCC)[C@H](c2ccccc2)NC(=O)N1. The lowest BCUT2D eigenvalue weighted by Gasteiger charge is -2.29. The number of hydrogen-bond acceptors (Lipinski definition) is 4. The van der Waals surface area contributed by atoms with Crippen molar-refractivity contribution in [2.24, 2.45) is 0 Å². The van der Waals surface area contributed by atoms with Crippen molar-refractivity contribution in [1.82, 2.24) is 16.0 Å². The molecule has 1 aliphatic heterocycles. The molecule has 0 bridgehead atoms. The van der Waals surface area contributed by atoms with Crippen LogP contribution in [0.25, 0.3) is 0 Å². The third-order valence-electron chi connectivity index (χ3n) is 3.51. The second kappa shape index (κ2) is 8.33. The standard InChI is InChI=1S/C17H23N3O3/c1-3-10-18-11-13-14(16(21)23-4-2)15(20-17(22)19-13)12-8-6-5-7-9-12/h5-9,15,18H,3-4,10-11H2,1-2H3,(H2,19,20,22)/t15-/m0/s1. The zero-order chi connectivity index (χ0) is 16.7. The molecule has 1 aromatic rings. The highest BCUT2D eigenvalue weighted by molar-refractivity contribution is 5.95. The Morgan fingerprint density at radius 2 is 2.00 bits per heavy atom. The molecule has 0 saturated carbocycles. The summed E-state index contributed by atoms with van der Waals surface area (Å²) in [7, 11) is 0. The number of nitrogens with one attached hydrogen (secondary N) is 3. The van der Waals surface area contributed by atoms with Gasteiger partial charge >= 0.3 is 12.0 Å². The van der Waals surface area contributed by atoms with Gasteiger partial charge in [-0.15, -0.1) is 0 Å². The summed E-state index contributed by atoms with van der Waals surface area (Å²) >= 11 is 0. The molecule has 1 heterocycles. The van der Waals surface area contributed by atoms with Gasteiger partial charge in [0.2, 0.25) is 0 Å². The first-order valence-electron chi connectivity index (χ1n) is 7.90. The van der Waals surface area contributed by atoms with Gasteiger partial charge in [0, 0.05) is 12.2 Å². The minimum absolute atomic E-state index is 0.285. The van der Waals surface area contributed by atoms with E-state index in [1.165, 1.54) is 0 Å². The van der Waals surface area contributed by atoms with Crippen molar-refractivity contribution in [1.29, 1.82) is 0 Å². The summed E-state index contributed by atoms with van der Waals surface area (Å²) in [5.74, 6) is -0.415. The molecule has 0 radical (unpaired) electrons. The van der Waals surface area contributed by atoms with Crippen molar-refractivity contribution in [3.8, 4) is 0 Å². The van der Waals surface area contributed by atoms with Gasteiger partial charge in [-0.05, 0) is 25.5 Å². The molecule has 1 aliphatic rings. The number of esters is 1. The van der Waals surface area contributed by atoms with E-state index in [0.29, 0.717) is 17.8 Å². The van der Waals surface area contributed by atoms with Crippen molar-refractivity contribution in [2.75, 3.05) is 19.7 Å². The topological polar surface area (TPSA) is 79.5 Å². The highest BCUT2D eigenvalue weighted by Gasteiger charge is 2.33. The fraction of sp³-hybridized carbons (Fsp3) is 0.412. The van der Waals surface area contributed by atoms with Crippen LogP contribution in [0.15, 0.2) is 41.6 Å². The zero-order valence-electron chi connectivity index (χ0n) is 13.5. The molecule has 0 aliphatic carbocycles. The smallest absolute Gasteiger partial charge is 0.338 e. The van der Waals surface area contributed by atoms with Crippen LogP contribution >= 0.6 is 0 Å². The van der Waals surface area contributed by atoms with Crippen LogP contribution in [0.2, 0.25) is 0 Å². The first kappa shape index (κ1) is 17.0. The van der Waals surface area contributed by atoms with Crippen molar-refractivity contribution in [3.63, 3.8) is 0 Å². The van der Waals surface area contributed by atoms with Gasteiger partial charge in [0.1, 0.15) is 0 Å². The number of hydrogen-bond donors (Lipinski definition) is 3. The van der Waals surface area contributed by atoms with E-state index in [1.54, 1.807) is 6.92 Å². The Kier molecular flexibility index (Phi) is 6.17. The van der Waals surface area contributed by atoms with Gasteiger partial charge in [-0.1, -0.05) is 37.3 Å². The van der Waals surface area contributed by atoms with Gasteiger partial charge < -0.3 is 20.7 Å². The molecular weight excluding hydrogens is 294 g/mol. The van der Waals surface area contributed by atoms with Gasteiger partial charge in [0.25, 0.3) is 0 Å². The van der Waals surface area contributed by atoms with Crippen LogP contribution in [0, 0.1) is 0 Å². The van der Waals surface area contributed by atoms with Crippen molar-refractivity contribution < 1.29 is 14.3 Å². The van der Waals surface area contributed by atoms with E-state index in [9.17, 15) is 9.59 Å². The number of amides is 2. The Balaban J connectivity index is 2.38. The summed E-state index contributed by atoms with van der Waals surface area (Å²) in [6.07, 6.45) is 0.969. The van der Waals surface area contributed by atoms with Gasteiger partial charge in [-0.3, -0.25) is 0 Å². The molecule has 0 unspecified atom stereocenters. The maximum atomic E-state index is 12.4. The number of urea groups is 1. The minimum atomic E-state index is -0.512. The first-order valence-corrected chi connectivity index (χ1v) is 7.90. The summed E-state index contributed by atoms with van der Waals surface area (Å²) in [4.78, 5) is 24.4. The van der Waals surface area contributed by atoms with Crippen LogP contribution in [-0.2, 0) is 9.53 Å². The molecule has 2 rings (SSSR count). The van der Waals surface area contributed by atoms with E-state index in [4.69, 9.17) is 4.74 Å². The third kappa shape index (κ3) is 4.32. The predicted molar refractivity (Wildman–Crippen MR) is 87.7 cm³/mol. The summed E-state index contributed by atoms with van der Waals surface area (Å²) < 4.78 is 5.19. The van der Waals surface area contributed by atoms with E-state index in [0.717, 1.165) is 18.5 Å². The molecule has 23 heavy (non-hydrogen) atoms. The maximum absolute atomic E-state index is 12.4. The molecule has 0 fully saturated rings. The number of ether oxygens (including phenoxy) is 1. The molecule has 3 N–H and O–H groups in total. The van der Waals surface area contributed by atoms with Crippen LogP contribution in [0.3, 0.4) is 0 Å². The summed E-state index contributed by atoms with van der Waals surface area (Å²) in [5, 5.41) is 8.75. The van der Waals surface area contributed by atoms with Gasteiger partial charge in [0.15, 0.2) is 0 Å². The Morgan fingerprint density at radius 1 is 1.26 bits per heavy atom. The number of benzene rings is 1. The van der Waals surface area contributed by atoms with Crippen LogP contribution in [0.5, 0.6) is 0 Å². The first-order chi connectivity index (χ1) is 11.2. The lowest BCUT2D eigenvalue weighted by Crippen LogP contribution is -2.48. The average molecular weight is 317 g/mol. The Labute approximate surface area is 136 Å². The Hall–Kier alpha value is -2.34. The molecule has 0 spiro atoms. The van der Waals surface area contributed by atoms with Crippen LogP contribution < -0.4 is 16.0 Å². The zero-order valence-corrected chi connectivity index (χ0v) is 13.5. The Bertz CT molecular complexity index is 584. The molecule has 1 atom stereocenters. The third-order valence-corrected chi connectivity index (χ3v) is 3.51. The van der Waals surface area contributed by atoms with Crippen molar-refractivity contribution >= 4 is 12.0 Å². The molecule has 2 amide bonds. The second-order valence-electron chi connectivity index (χ2n) is 5.23. The van der Waals surface area contributed by atoms with E-state index >= 15 is 0 Å². The number of carbonyl (C=O) groups excluding carboxylic acids is 2. The molecule has 0 aromatic heterocycles. The summed E-state index contributed by atoms with van der Waals surface area (Å²) in [6, 6.07) is 8.58. The summed E-state index contributed by atoms with van der Waals surface area (Å²) in [6.45, 7) is 5.33. The molecule has 1 aromatic carbocycles. The normalized spacial score (nSPS) is 17.5. The van der Waals surface area contributed by atoms with E-state index in [-0.39, 0.29) is 12.6 Å². The fourth-order valence-electron chi connectivity index (χ4n) is 2.49. The predicted octanol–water partition coefficient (Wildman–Crippen LogP) is 1.86. The van der Waals surface area contributed by atoms with E-state index < -0.39 is 12.0 Å². The van der Waals surface area contributed by atoms with Crippen molar-refractivity contribution in [2.45, 2.75) is 26.3 Å². The van der Waals surface area contributed by atoms with Gasteiger partial charge in [-0.2, -0.15) is 0 Å². The number of rotatable bonds is 7. The second-order valence-corrected chi connectivity index (χ2v) is 5.23. The highest BCUT2D eigenvalue weighted by Crippen LogP contribution is 2.27. The fourth-order valence-corrected chi connectivity index (χ4v) is 2.49. The number of carbonyl (C=O) groups is 2. The summed E-state index contributed by atoms with van der Waals surface area (Å²) in [5.41, 5.74) is 1.86. The maximum Gasteiger partial charge on any atom is 0.338 e. The van der Waals surface area contributed by atoms with E-state index in [1.807, 2.05) is 30.3 Å². The highest BCUT2D eigenvalue weighted by atomic mass is 16.5. The monoisotopic (exact) mass is 317 g/mol. The van der Waals surface area contributed by atoms with Crippen LogP contribution in [0.1, 0.15) is 31.9 Å². The minimum Gasteiger partial charge on any atom is -0.463 e. The molecule has 6 nitrogen and oxygen atoms in total. The quantitative estimate of drug-likeness (QED) is 0.530. The lowest BCUT2D eigenvalue weighted by atomic mass is 9.95. The van der Waals surface area contributed by atoms with Crippen LogP contribution in [0.4, 0.5) is 4.79 Å². The average Bonchev–Trinajstić information content (AvgIpc) is 2.55. The molecule has 0 saturated heterocycles. The molecular formula is C17H23N3O3. The lowest BCUT2D eigenvalue weighted by molar-refractivity contribution is -0.139. The van der Waals surface area contributed by atoms with Gasteiger partial charge in [0.05, 0.1) is 18.2 Å². The molecule has 6 heteroatoms. The van der Waals surface area contributed by atoms with Gasteiger partial charge in [-0.25, -0.2) is 9.59 Å². The largest absolute Gasteiger partial charge is 0.463 e. The van der Waals surface area contributed by atoms with E-state index in [2.05, 4.69) is 22.9 Å². The Morgan fingerprint density at radius 3 is 2.65 bits per heavy atom. The molecule has 124 valence electrons.